The molecule has 0 aliphatic heterocycles. The fourth-order valence-corrected chi connectivity index (χ4v) is 3.22. The number of oxazole rings is 1. The van der Waals surface area contributed by atoms with Gasteiger partial charge in [0.1, 0.15) is 5.76 Å². The van der Waals surface area contributed by atoms with Crippen molar-refractivity contribution in [3.8, 4) is 11.5 Å². The van der Waals surface area contributed by atoms with Crippen molar-refractivity contribution >= 4 is 22.5 Å². The van der Waals surface area contributed by atoms with Crippen molar-refractivity contribution in [3.63, 3.8) is 0 Å². The van der Waals surface area contributed by atoms with Crippen molar-refractivity contribution in [1.29, 1.82) is 0 Å². The largest absolute Gasteiger partial charge is 0.441 e. The first-order valence-corrected chi connectivity index (χ1v) is 9.09. The van der Waals surface area contributed by atoms with Gasteiger partial charge in [0, 0.05) is 34.9 Å². The lowest BCUT2D eigenvalue weighted by Crippen LogP contribution is -2.13. The van der Waals surface area contributed by atoms with Crippen molar-refractivity contribution in [3.05, 3.63) is 72.2 Å². The van der Waals surface area contributed by atoms with Crippen LogP contribution >= 0.6 is 0 Å². The third-order valence-corrected chi connectivity index (χ3v) is 4.53. The predicted molar refractivity (Wildman–Crippen MR) is 107 cm³/mol. The van der Waals surface area contributed by atoms with E-state index in [1.165, 1.54) is 5.52 Å². The molecule has 4 rings (SSSR count). The normalized spacial score (nSPS) is 11.0. The Morgan fingerprint density at radius 1 is 1.15 bits per heavy atom. The Kier molecular flexibility index (Phi) is 4.50. The highest BCUT2D eigenvalue weighted by molar-refractivity contribution is 6.04. The van der Waals surface area contributed by atoms with Gasteiger partial charge < -0.3 is 14.3 Å². The summed E-state index contributed by atoms with van der Waals surface area (Å²) in [5.41, 5.74) is 3.06. The van der Waals surface area contributed by atoms with Crippen molar-refractivity contribution < 1.29 is 9.21 Å². The second kappa shape index (κ2) is 7.11. The molecule has 0 aliphatic carbocycles. The zero-order valence-electron chi connectivity index (χ0n) is 15.4. The van der Waals surface area contributed by atoms with E-state index in [4.69, 9.17) is 4.42 Å². The molecule has 0 spiro atoms. The monoisotopic (exact) mass is 359 g/mol. The highest BCUT2D eigenvalue weighted by Crippen LogP contribution is 2.24. The van der Waals surface area contributed by atoms with Gasteiger partial charge >= 0.3 is 0 Å². The topological polar surface area (TPSA) is 60.1 Å². The summed E-state index contributed by atoms with van der Waals surface area (Å²) in [5, 5.41) is 4.03. The van der Waals surface area contributed by atoms with Crippen molar-refractivity contribution in [2.24, 2.45) is 0 Å². The molecule has 0 radical (unpaired) electrons. The quantitative estimate of drug-likeness (QED) is 0.528. The SMILES string of the molecule is CCCn1ccc2cc(NC(=O)c3nc(-c4ccccc4)oc3C)ccc21. The minimum atomic E-state index is -0.272. The van der Waals surface area contributed by atoms with Crippen LogP contribution in [0.4, 0.5) is 5.69 Å². The second-order valence-corrected chi connectivity index (χ2v) is 6.53. The molecule has 0 saturated carbocycles. The van der Waals surface area contributed by atoms with Crippen LogP contribution in [0.3, 0.4) is 0 Å². The van der Waals surface area contributed by atoms with Gasteiger partial charge in [-0.1, -0.05) is 25.1 Å². The Balaban J connectivity index is 1.57. The first-order chi connectivity index (χ1) is 13.2. The molecule has 1 N–H and O–H groups in total. The number of amides is 1. The number of hydrogen-bond acceptors (Lipinski definition) is 3. The van der Waals surface area contributed by atoms with Gasteiger partial charge in [-0.2, -0.15) is 0 Å². The molecule has 4 aromatic rings. The van der Waals surface area contributed by atoms with Crippen LogP contribution in [0.1, 0.15) is 29.6 Å². The van der Waals surface area contributed by atoms with Crippen LogP contribution in [0, 0.1) is 6.92 Å². The van der Waals surface area contributed by atoms with E-state index in [-0.39, 0.29) is 5.91 Å². The van der Waals surface area contributed by atoms with Crippen molar-refractivity contribution in [2.75, 3.05) is 5.32 Å². The number of nitrogens with one attached hydrogen (secondary N) is 1. The van der Waals surface area contributed by atoms with Gasteiger partial charge in [0.15, 0.2) is 5.69 Å². The van der Waals surface area contributed by atoms with Gasteiger partial charge in [-0.25, -0.2) is 4.98 Å². The third kappa shape index (κ3) is 3.36. The Morgan fingerprint density at radius 3 is 2.74 bits per heavy atom. The molecule has 0 fully saturated rings. The van der Waals surface area contributed by atoms with E-state index < -0.39 is 0 Å². The molecule has 5 heteroatoms. The van der Waals surface area contributed by atoms with Gasteiger partial charge in [-0.05, 0) is 49.7 Å². The van der Waals surface area contributed by atoms with E-state index >= 15 is 0 Å². The molecular formula is C22H21N3O2. The molecule has 0 unspecified atom stereocenters. The molecular weight excluding hydrogens is 338 g/mol. The summed E-state index contributed by atoms with van der Waals surface area (Å²) >= 11 is 0. The second-order valence-electron chi connectivity index (χ2n) is 6.53. The first kappa shape index (κ1) is 17.1. The van der Waals surface area contributed by atoms with Crippen LogP contribution in [0.2, 0.25) is 0 Å². The maximum absolute atomic E-state index is 12.7. The number of aryl methyl sites for hydroxylation is 2. The molecule has 5 nitrogen and oxygen atoms in total. The van der Waals surface area contributed by atoms with Crippen LogP contribution in [-0.4, -0.2) is 15.5 Å². The summed E-state index contributed by atoms with van der Waals surface area (Å²) in [4.78, 5) is 17.1. The number of aromatic nitrogens is 2. The van der Waals surface area contributed by atoms with Crippen LogP contribution < -0.4 is 5.32 Å². The van der Waals surface area contributed by atoms with Gasteiger partial charge in [-0.3, -0.25) is 4.79 Å². The van der Waals surface area contributed by atoms with E-state index in [0.29, 0.717) is 17.3 Å². The molecule has 0 aliphatic rings. The zero-order chi connectivity index (χ0) is 18.8. The summed E-state index contributed by atoms with van der Waals surface area (Å²) in [6.45, 7) is 4.89. The molecule has 2 aromatic carbocycles. The summed E-state index contributed by atoms with van der Waals surface area (Å²) in [7, 11) is 0. The Bertz CT molecular complexity index is 1090. The third-order valence-electron chi connectivity index (χ3n) is 4.53. The van der Waals surface area contributed by atoms with E-state index in [9.17, 15) is 4.79 Å². The van der Waals surface area contributed by atoms with E-state index in [1.807, 2.05) is 48.5 Å². The number of rotatable bonds is 5. The van der Waals surface area contributed by atoms with E-state index in [1.54, 1.807) is 6.92 Å². The molecule has 1 amide bonds. The summed E-state index contributed by atoms with van der Waals surface area (Å²) in [6, 6.07) is 17.6. The predicted octanol–water partition coefficient (Wildman–Crippen LogP) is 5.27. The maximum atomic E-state index is 12.7. The highest BCUT2D eigenvalue weighted by atomic mass is 16.4. The smallest absolute Gasteiger partial charge is 0.277 e. The minimum Gasteiger partial charge on any atom is -0.441 e. The molecule has 27 heavy (non-hydrogen) atoms. The lowest BCUT2D eigenvalue weighted by atomic mass is 10.2. The number of benzene rings is 2. The highest BCUT2D eigenvalue weighted by Gasteiger charge is 2.18. The lowest BCUT2D eigenvalue weighted by Gasteiger charge is -2.06. The lowest BCUT2D eigenvalue weighted by molar-refractivity contribution is 0.102. The molecule has 2 heterocycles. The molecule has 0 bridgehead atoms. The number of nitrogens with zero attached hydrogens (tertiary/aromatic N) is 2. The summed E-state index contributed by atoms with van der Waals surface area (Å²) in [6.07, 6.45) is 3.16. The fraction of sp³-hybridized carbons (Fsp3) is 0.182. The van der Waals surface area contributed by atoms with Gasteiger partial charge in [0.25, 0.3) is 5.91 Å². The number of anilines is 1. The van der Waals surface area contributed by atoms with Crippen molar-refractivity contribution in [2.45, 2.75) is 26.8 Å². The van der Waals surface area contributed by atoms with Crippen LogP contribution in [-0.2, 0) is 6.54 Å². The van der Waals surface area contributed by atoms with Crippen molar-refractivity contribution in [1.82, 2.24) is 9.55 Å². The number of hydrogen-bond donors (Lipinski definition) is 1. The van der Waals surface area contributed by atoms with E-state index in [2.05, 4.69) is 34.1 Å². The summed E-state index contributed by atoms with van der Waals surface area (Å²) in [5.74, 6) is 0.678. The number of carbonyl (C=O) groups is 1. The molecule has 2 aromatic heterocycles. The number of fused-ring (bicyclic) bond motifs is 1. The molecule has 136 valence electrons. The van der Waals surface area contributed by atoms with Crippen LogP contribution in [0.25, 0.3) is 22.4 Å². The average Bonchev–Trinajstić information content (AvgIpc) is 3.26. The zero-order valence-corrected chi connectivity index (χ0v) is 15.4. The van der Waals surface area contributed by atoms with Gasteiger partial charge in [-0.15, -0.1) is 0 Å². The van der Waals surface area contributed by atoms with Gasteiger partial charge in [0.2, 0.25) is 5.89 Å². The first-order valence-electron chi connectivity index (χ1n) is 9.09. The summed E-state index contributed by atoms with van der Waals surface area (Å²) < 4.78 is 7.90. The van der Waals surface area contributed by atoms with Crippen LogP contribution in [0.15, 0.2) is 65.2 Å². The van der Waals surface area contributed by atoms with E-state index in [0.717, 1.165) is 29.6 Å². The number of carbonyl (C=O) groups excluding carboxylic acids is 1. The van der Waals surface area contributed by atoms with Crippen LogP contribution in [0.5, 0.6) is 0 Å². The Morgan fingerprint density at radius 2 is 1.96 bits per heavy atom. The maximum Gasteiger partial charge on any atom is 0.277 e. The van der Waals surface area contributed by atoms with Gasteiger partial charge in [0.05, 0.1) is 0 Å². The average molecular weight is 359 g/mol. The molecule has 0 atom stereocenters. The fourth-order valence-electron chi connectivity index (χ4n) is 3.22. The minimum absolute atomic E-state index is 0.272. The Hall–Kier alpha value is -3.34. The Labute approximate surface area is 157 Å². The molecule has 0 saturated heterocycles. The standard InChI is InChI=1S/C22H21N3O2/c1-3-12-25-13-11-17-14-18(9-10-19(17)25)23-21(26)20-15(2)27-22(24-20)16-7-5-4-6-8-16/h4-11,13-14H,3,12H2,1-2H3,(H,23,26).